The third-order valence-corrected chi connectivity index (χ3v) is 7.39. The van der Waals surface area contributed by atoms with E-state index in [1.54, 1.807) is 24.3 Å². The molecule has 2 heterocycles. The van der Waals surface area contributed by atoms with E-state index >= 15 is 0 Å². The van der Waals surface area contributed by atoms with Crippen molar-refractivity contribution in [3.8, 4) is 5.75 Å². The summed E-state index contributed by atoms with van der Waals surface area (Å²) in [5.41, 5.74) is 1.11. The van der Waals surface area contributed by atoms with Crippen LogP contribution in [0.4, 0.5) is 11.4 Å². The number of hydrogen-bond donors (Lipinski definition) is 2. The Kier molecular flexibility index (Phi) is 5.48. The first kappa shape index (κ1) is 20.4. The zero-order valence-electron chi connectivity index (χ0n) is 16.3. The SMILES string of the molecule is O=C(Nc1ccc(O)cc1)[C@H]1CC(=O)N(c2ccc(S(=O)(=O)N3CCCC3)cc2)C1. The third-order valence-electron chi connectivity index (χ3n) is 5.48. The normalized spacial score (nSPS) is 19.9. The number of nitrogens with zero attached hydrogens (tertiary/aromatic N) is 2. The Morgan fingerprint density at radius 1 is 1.00 bits per heavy atom. The van der Waals surface area contributed by atoms with E-state index in [4.69, 9.17) is 0 Å². The van der Waals surface area contributed by atoms with Crippen LogP contribution in [0.2, 0.25) is 0 Å². The standard InChI is InChI=1S/C21H23N3O5S/c25-18-7-3-16(4-8-18)22-21(27)15-13-20(26)24(14-15)17-5-9-19(10-6-17)30(28,29)23-11-1-2-12-23/h3-10,15,25H,1-2,11-14H2,(H,22,27)/t15-/m0/s1. The summed E-state index contributed by atoms with van der Waals surface area (Å²) >= 11 is 0. The van der Waals surface area contributed by atoms with Crippen LogP contribution in [0.1, 0.15) is 19.3 Å². The number of sulfonamides is 1. The van der Waals surface area contributed by atoms with Gasteiger partial charge in [0.15, 0.2) is 0 Å². The highest BCUT2D eigenvalue weighted by atomic mass is 32.2. The quantitative estimate of drug-likeness (QED) is 0.709. The maximum absolute atomic E-state index is 12.6. The van der Waals surface area contributed by atoms with Crippen molar-refractivity contribution in [3.05, 3.63) is 48.5 Å². The molecule has 30 heavy (non-hydrogen) atoms. The van der Waals surface area contributed by atoms with E-state index in [9.17, 15) is 23.1 Å². The molecule has 1 atom stereocenters. The average molecular weight is 429 g/mol. The summed E-state index contributed by atoms with van der Waals surface area (Å²) < 4.78 is 26.8. The second-order valence-corrected chi connectivity index (χ2v) is 9.48. The van der Waals surface area contributed by atoms with Crippen LogP contribution >= 0.6 is 0 Å². The van der Waals surface area contributed by atoms with Gasteiger partial charge in [0, 0.05) is 37.4 Å². The maximum Gasteiger partial charge on any atom is 0.243 e. The molecular weight excluding hydrogens is 406 g/mol. The lowest BCUT2D eigenvalue weighted by Crippen LogP contribution is -2.29. The van der Waals surface area contributed by atoms with Crippen LogP contribution in [0.5, 0.6) is 5.75 Å². The number of carbonyl (C=O) groups is 2. The fourth-order valence-corrected chi connectivity index (χ4v) is 5.31. The fourth-order valence-electron chi connectivity index (χ4n) is 3.80. The summed E-state index contributed by atoms with van der Waals surface area (Å²) in [4.78, 5) is 26.7. The molecule has 9 heteroatoms. The molecule has 0 unspecified atom stereocenters. The zero-order chi connectivity index (χ0) is 21.3. The Labute approximate surface area is 175 Å². The summed E-state index contributed by atoms with van der Waals surface area (Å²) in [6.45, 7) is 1.29. The van der Waals surface area contributed by atoms with E-state index in [0.717, 1.165) is 12.8 Å². The van der Waals surface area contributed by atoms with Crippen LogP contribution in [-0.2, 0) is 19.6 Å². The molecule has 2 aromatic carbocycles. The molecule has 8 nitrogen and oxygen atoms in total. The van der Waals surface area contributed by atoms with Crippen LogP contribution < -0.4 is 10.2 Å². The molecule has 2 aliphatic rings. The van der Waals surface area contributed by atoms with Gasteiger partial charge >= 0.3 is 0 Å². The molecule has 4 rings (SSSR count). The Morgan fingerprint density at radius 3 is 2.27 bits per heavy atom. The molecule has 2 fully saturated rings. The number of carbonyl (C=O) groups excluding carboxylic acids is 2. The van der Waals surface area contributed by atoms with Crippen molar-refractivity contribution in [1.29, 1.82) is 0 Å². The van der Waals surface area contributed by atoms with E-state index in [1.165, 1.54) is 33.5 Å². The third kappa shape index (κ3) is 4.03. The van der Waals surface area contributed by atoms with Gasteiger partial charge in [-0.05, 0) is 61.4 Å². The number of anilines is 2. The number of rotatable bonds is 5. The highest BCUT2D eigenvalue weighted by Gasteiger charge is 2.35. The molecule has 2 saturated heterocycles. The number of phenols is 1. The molecule has 2 aliphatic heterocycles. The van der Waals surface area contributed by atoms with Crippen LogP contribution in [0, 0.1) is 5.92 Å². The summed E-state index contributed by atoms with van der Waals surface area (Å²) in [5, 5.41) is 12.1. The molecule has 2 amide bonds. The lowest BCUT2D eigenvalue weighted by molar-refractivity contribution is -0.122. The van der Waals surface area contributed by atoms with Gasteiger partial charge < -0.3 is 15.3 Å². The average Bonchev–Trinajstić information content (AvgIpc) is 3.40. The number of amides is 2. The van der Waals surface area contributed by atoms with E-state index < -0.39 is 15.9 Å². The fraction of sp³-hybridized carbons (Fsp3) is 0.333. The van der Waals surface area contributed by atoms with Gasteiger partial charge in [-0.15, -0.1) is 0 Å². The first-order chi connectivity index (χ1) is 14.3. The molecule has 0 aliphatic carbocycles. The van der Waals surface area contributed by atoms with Crippen LogP contribution in [0.25, 0.3) is 0 Å². The lowest BCUT2D eigenvalue weighted by atomic mass is 10.1. The predicted octanol–water partition coefficient (Wildman–Crippen LogP) is 2.17. The predicted molar refractivity (Wildman–Crippen MR) is 112 cm³/mol. The van der Waals surface area contributed by atoms with Crippen LogP contribution in [0.3, 0.4) is 0 Å². The Morgan fingerprint density at radius 2 is 1.63 bits per heavy atom. The lowest BCUT2D eigenvalue weighted by Gasteiger charge is -2.19. The molecule has 0 saturated carbocycles. The van der Waals surface area contributed by atoms with Gasteiger partial charge in [0.1, 0.15) is 5.75 Å². The highest BCUT2D eigenvalue weighted by molar-refractivity contribution is 7.89. The zero-order valence-corrected chi connectivity index (χ0v) is 17.1. The molecule has 0 aromatic heterocycles. The summed E-state index contributed by atoms with van der Waals surface area (Å²) in [5.74, 6) is -0.870. The Bertz CT molecular complexity index is 1050. The summed E-state index contributed by atoms with van der Waals surface area (Å²) in [7, 11) is -3.51. The molecule has 0 radical (unpaired) electrons. The summed E-state index contributed by atoms with van der Waals surface area (Å²) in [6.07, 6.45) is 1.82. The molecular formula is C21H23N3O5S. The van der Waals surface area contributed by atoms with Crippen molar-refractivity contribution in [2.24, 2.45) is 5.92 Å². The van der Waals surface area contributed by atoms with Crippen molar-refractivity contribution in [2.75, 3.05) is 29.9 Å². The minimum atomic E-state index is -3.51. The number of benzene rings is 2. The van der Waals surface area contributed by atoms with Crippen LogP contribution in [0.15, 0.2) is 53.4 Å². The van der Waals surface area contributed by atoms with Gasteiger partial charge in [0.25, 0.3) is 0 Å². The maximum atomic E-state index is 12.6. The minimum absolute atomic E-state index is 0.0811. The molecule has 0 bridgehead atoms. The van der Waals surface area contributed by atoms with Gasteiger partial charge in [0.05, 0.1) is 10.8 Å². The van der Waals surface area contributed by atoms with Crippen molar-refractivity contribution in [3.63, 3.8) is 0 Å². The second-order valence-electron chi connectivity index (χ2n) is 7.55. The van der Waals surface area contributed by atoms with Crippen molar-refractivity contribution < 1.29 is 23.1 Å². The van der Waals surface area contributed by atoms with Gasteiger partial charge in [-0.3, -0.25) is 9.59 Å². The Balaban J connectivity index is 1.43. The molecule has 0 spiro atoms. The van der Waals surface area contributed by atoms with E-state index in [2.05, 4.69) is 5.32 Å². The van der Waals surface area contributed by atoms with Gasteiger partial charge in [-0.25, -0.2) is 8.42 Å². The minimum Gasteiger partial charge on any atom is -0.508 e. The summed E-state index contributed by atoms with van der Waals surface area (Å²) in [6, 6.07) is 12.4. The first-order valence-electron chi connectivity index (χ1n) is 9.85. The van der Waals surface area contributed by atoms with E-state index in [-0.39, 0.29) is 35.4 Å². The van der Waals surface area contributed by atoms with Crippen molar-refractivity contribution in [2.45, 2.75) is 24.2 Å². The van der Waals surface area contributed by atoms with Gasteiger partial charge in [0.2, 0.25) is 21.8 Å². The van der Waals surface area contributed by atoms with Crippen molar-refractivity contribution in [1.82, 2.24) is 4.31 Å². The second kappa shape index (κ2) is 8.08. The van der Waals surface area contributed by atoms with Crippen molar-refractivity contribution >= 4 is 33.2 Å². The Hall–Kier alpha value is -2.91. The highest BCUT2D eigenvalue weighted by Crippen LogP contribution is 2.28. The van der Waals surface area contributed by atoms with Crippen LogP contribution in [-0.4, -0.2) is 49.3 Å². The number of phenolic OH excluding ortho intramolecular Hbond substituents is 1. The number of aromatic hydroxyl groups is 1. The number of hydrogen-bond acceptors (Lipinski definition) is 5. The molecule has 158 valence electrons. The molecule has 2 N–H and O–H groups in total. The topological polar surface area (TPSA) is 107 Å². The monoisotopic (exact) mass is 429 g/mol. The smallest absolute Gasteiger partial charge is 0.243 e. The number of nitrogens with one attached hydrogen (secondary N) is 1. The van der Waals surface area contributed by atoms with Gasteiger partial charge in [-0.2, -0.15) is 4.31 Å². The van der Waals surface area contributed by atoms with E-state index in [0.29, 0.717) is 24.5 Å². The largest absolute Gasteiger partial charge is 0.508 e. The van der Waals surface area contributed by atoms with E-state index in [1.807, 2.05) is 0 Å². The first-order valence-corrected chi connectivity index (χ1v) is 11.3. The van der Waals surface area contributed by atoms with Gasteiger partial charge in [-0.1, -0.05) is 0 Å². The molecule has 2 aromatic rings.